The van der Waals surface area contributed by atoms with Crippen molar-refractivity contribution in [3.63, 3.8) is 0 Å². The Morgan fingerprint density at radius 2 is 2.50 bits per heavy atom. The van der Waals surface area contributed by atoms with E-state index in [0.29, 0.717) is 18.8 Å². The summed E-state index contributed by atoms with van der Waals surface area (Å²) in [5, 5.41) is 4.30. The molecule has 78 valence electrons. The second-order valence-electron chi connectivity index (χ2n) is 2.59. The molecule has 0 saturated carbocycles. The van der Waals surface area contributed by atoms with Crippen LogP contribution in [0.5, 0.6) is 0 Å². The standard InChI is InChI=1S/C8H12N2O3S/c1-2-13-4-7(11)9-3-6-5-14-8(12)10-6/h5H,2-4H2,1H3,(H,9,11)(H,10,12). The van der Waals surface area contributed by atoms with Crippen LogP contribution in [0.4, 0.5) is 0 Å². The summed E-state index contributed by atoms with van der Waals surface area (Å²) in [6.45, 7) is 2.74. The maximum Gasteiger partial charge on any atom is 0.304 e. The molecule has 0 aliphatic carbocycles. The van der Waals surface area contributed by atoms with Crippen LogP contribution in [-0.2, 0) is 16.1 Å². The van der Waals surface area contributed by atoms with Crippen LogP contribution < -0.4 is 10.2 Å². The lowest BCUT2D eigenvalue weighted by atomic mass is 10.5. The average molecular weight is 216 g/mol. The number of rotatable bonds is 5. The van der Waals surface area contributed by atoms with Crippen LogP contribution >= 0.6 is 11.3 Å². The molecule has 0 unspecified atom stereocenters. The quantitative estimate of drug-likeness (QED) is 0.732. The summed E-state index contributed by atoms with van der Waals surface area (Å²) in [5.74, 6) is -0.182. The number of thiazole rings is 1. The summed E-state index contributed by atoms with van der Waals surface area (Å²) in [4.78, 5) is 24.3. The molecule has 1 heterocycles. The fraction of sp³-hybridized carbons (Fsp3) is 0.500. The molecule has 0 aromatic carbocycles. The van der Waals surface area contributed by atoms with Gasteiger partial charge >= 0.3 is 4.87 Å². The minimum Gasteiger partial charge on any atom is -0.372 e. The number of H-pyrrole nitrogens is 1. The van der Waals surface area contributed by atoms with Crippen LogP contribution in [0.3, 0.4) is 0 Å². The number of hydrogen-bond donors (Lipinski definition) is 2. The van der Waals surface area contributed by atoms with Gasteiger partial charge in [-0.15, -0.1) is 0 Å². The molecular formula is C8H12N2O3S. The average Bonchev–Trinajstić information content (AvgIpc) is 2.58. The molecule has 0 radical (unpaired) electrons. The summed E-state index contributed by atoms with van der Waals surface area (Å²) >= 11 is 1.08. The van der Waals surface area contributed by atoms with Crippen LogP contribution in [0.25, 0.3) is 0 Å². The van der Waals surface area contributed by atoms with Gasteiger partial charge in [-0.1, -0.05) is 11.3 Å². The Kier molecular flexibility index (Phi) is 4.34. The van der Waals surface area contributed by atoms with E-state index in [1.807, 2.05) is 6.92 Å². The van der Waals surface area contributed by atoms with Crippen molar-refractivity contribution in [3.05, 3.63) is 20.7 Å². The maximum atomic E-state index is 11.1. The van der Waals surface area contributed by atoms with E-state index in [4.69, 9.17) is 4.74 Å². The van der Waals surface area contributed by atoms with E-state index in [-0.39, 0.29) is 17.4 Å². The molecule has 0 atom stereocenters. The number of aromatic amines is 1. The Bertz CT molecular complexity index is 344. The Morgan fingerprint density at radius 1 is 1.71 bits per heavy atom. The Morgan fingerprint density at radius 3 is 3.07 bits per heavy atom. The van der Waals surface area contributed by atoms with Crippen molar-refractivity contribution in [2.24, 2.45) is 0 Å². The molecule has 0 aliphatic heterocycles. The lowest BCUT2D eigenvalue weighted by molar-refractivity contribution is -0.125. The van der Waals surface area contributed by atoms with Crippen LogP contribution in [0.15, 0.2) is 10.2 Å². The number of nitrogens with one attached hydrogen (secondary N) is 2. The topological polar surface area (TPSA) is 71.2 Å². The summed E-state index contributed by atoms with van der Waals surface area (Å²) in [7, 11) is 0. The van der Waals surface area contributed by atoms with Gasteiger partial charge in [0.25, 0.3) is 0 Å². The van der Waals surface area contributed by atoms with Crippen molar-refractivity contribution in [1.29, 1.82) is 0 Å². The highest BCUT2D eigenvalue weighted by Crippen LogP contribution is 1.93. The molecular weight excluding hydrogens is 204 g/mol. The van der Waals surface area contributed by atoms with Gasteiger partial charge in [0.1, 0.15) is 6.61 Å². The predicted octanol–water partition coefficient (Wildman–Crippen LogP) is 0.0891. The highest BCUT2D eigenvalue weighted by molar-refractivity contribution is 7.07. The maximum absolute atomic E-state index is 11.1. The highest BCUT2D eigenvalue weighted by Gasteiger charge is 2.01. The van der Waals surface area contributed by atoms with E-state index in [9.17, 15) is 9.59 Å². The summed E-state index contributed by atoms with van der Waals surface area (Å²) < 4.78 is 4.91. The zero-order valence-corrected chi connectivity index (χ0v) is 8.65. The number of carbonyl (C=O) groups excluding carboxylic acids is 1. The molecule has 5 nitrogen and oxygen atoms in total. The Hall–Kier alpha value is -1.14. The smallest absolute Gasteiger partial charge is 0.304 e. The van der Waals surface area contributed by atoms with Crippen LogP contribution in [0.1, 0.15) is 12.6 Å². The van der Waals surface area contributed by atoms with Gasteiger partial charge in [-0.25, -0.2) is 0 Å². The molecule has 0 bridgehead atoms. The normalized spacial score (nSPS) is 10.1. The highest BCUT2D eigenvalue weighted by atomic mass is 32.1. The van der Waals surface area contributed by atoms with E-state index in [1.165, 1.54) is 0 Å². The van der Waals surface area contributed by atoms with E-state index in [1.54, 1.807) is 5.38 Å². The SMILES string of the molecule is CCOCC(=O)NCc1csc(=O)[nH]1. The van der Waals surface area contributed by atoms with Crippen molar-refractivity contribution in [2.75, 3.05) is 13.2 Å². The number of carbonyl (C=O) groups is 1. The molecule has 1 amide bonds. The van der Waals surface area contributed by atoms with E-state index in [2.05, 4.69) is 10.3 Å². The van der Waals surface area contributed by atoms with Gasteiger partial charge in [0, 0.05) is 17.7 Å². The molecule has 1 aromatic rings. The molecule has 14 heavy (non-hydrogen) atoms. The van der Waals surface area contributed by atoms with Crippen molar-refractivity contribution in [2.45, 2.75) is 13.5 Å². The zero-order chi connectivity index (χ0) is 10.4. The minimum absolute atomic E-state index is 0.0604. The lowest BCUT2D eigenvalue weighted by Gasteiger charge is -2.02. The van der Waals surface area contributed by atoms with Crippen LogP contribution in [0, 0.1) is 0 Å². The van der Waals surface area contributed by atoms with E-state index >= 15 is 0 Å². The zero-order valence-electron chi connectivity index (χ0n) is 7.83. The molecule has 0 saturated heterocycles. The molecule has 1 rings (SSSR count). The first-order valence-corrected chi connectivity index (χ1v) is 5.11. The van der Waals surface area contributed by atoms with Gasteiger partial charge in [-0.05, 0) is 6.92 Å². The third kappa shape index (κ3) is 3.71. The molecule has 1 aromatic heterocycles. The third-order valence-electron chi connectivity index (χ3n) is 1.48. The first-order valence-electron chi connectivity index (χ1n) is 4.23. The second-order valence-corrected chi connectivity index (χ2v) is 3.43. The van der Waals surface area contributed by atoms with Gasteiger partial charge in [0.05, 0.1) is 6.54 Å². The molecule has 0 aliphatic rings. The number of hydrogen-bond acceptors (Lipinski definition) is 4. The predicted molar refractivity (Wildman–Crippen MR) is 53.3 cm³/mol. The Balaban J connectivity index is 2.27. The van der Waals surface area contributed by atoms with Gasteiger partial charge in [-0.3, -0.25) is 9.59 Å². The molecule has 0 spiro atoms. The van der Waals surface area contributed by atoms with Gasteiger partial charge in [0.2, 0.25) is 5.91 Å². The third-order valence-corrected chi connectivity index (χ3v) is 2.20. The first kappa shape index (κ1) is 10.9. The first-order chi connectivity index (χ1) is 6.72. The number of amides is 1. The molecule has 0 fully saturated rings. The second kappa shape index (κ2) is 5.56. The van der Waals surface area contributed by atoms with Crippen molar-refractivity contribution >= 4 is 17.2 Å². The van der Waals surface area contributed by atoms with Crippen LogP contribution in [-0.4, -0.2) is 24.1 Å². The van der Waals surface area contributed by atoms with Crippen molar-refractivity contribution in [1.82, 2.24) is 10.3 Å². The lowest BCUT2D eigenvalue weighted by Crippen LogP contribution is -2.27. The summed E-state index contributed by atoms with van der Waals surface area (Å²) in [5.41, 5.74) is 0.713. The largest absolute Gasteiger partial charge is 0.372 e. The van der Waals surface area contributed by atoms with Gasteiger partial charge < -0.3 is 15.0 Å². The van der Waals surface area contributed by atoms with Crippen LogP contribution in [0.2, 0.25) is 0 Å². The number of aromatic nitrogens is 1. The van der Waals surface area contributed by atoms with Gasteiger partial charge in [-0.2, -0.15) is 0 Å². The number of ether oxygens (including phenoxy) is 1. The van der Waals surface area contributed by atoms with Crippen molar-refractivity contribution < 1.29 is 9.53 Å². The fourth-order valence-corrected chi connectivity index (χ4v) is 1.42. The van der Waals surface area contributed by atoms with E-state index < -0.39 is 0 Å². The van der Waals surface area contributed by atoms with Crippen molar-refractivity contribution in [3.8, 4) is 0 Å². The molecule has 2 N–H and O–H groups in total. The monoisotopic (exact) mass is 216 g/mol. The molecule has 6 heteroatoms. The van der Waals surface area contributed by atoms with E-state index in [0.717, 1.165) is 11.3 Å². The Labute approximate surface area is 85.1 Å². The van der Waals surface area contributed by atoms with Gasteiger partial charge in [0.15, 0.2) is 0 Å². The minimum atomic E-state index is -0.182. The fourth-order valence-electron chi connectivity index (χ4n) is 0.840. The summed E-state index contributed by atoms with van der Waals surface area (Å²) in [6.07, 6.45) is 0. The summed E-state index contributed by atoms with van der Waals surface area (Å²) in [6, 6.07) is 0.